The predicted octanol–water partition coefficient (Wildman–Crippen LogP) is -0.300. The zero-order valence-electron chi connectivity index (χ0n) is 11.1. The highest BCUT2D eigenvalue weighted by molar-refractivity contribution is 5.95. The van der Waals surface area contributed by atoms with Crippen molar-refractivity contribution in [2.45, 2.75) is 25.4 Å². The minimum absolute atomic E-state index is 0.0222. The van der Waals surface area contributed by atoms with E-state index in [1.807, 2.05) is 6.07 Å². The predicted molar refractivity (Wildman–Crippen MR) is 72.2 cm³/mol. The van der Waals surface area contributed by atoms with Crippen LogP contribution in [0.25, 0.3) is 0 Å². The number of hydrazine groups is 1. The van der Waals surface area contributed by atoms with E-state index in [2.05, 4.69) is 10.4 Å². The molecule has 2 aliphatic heterocycles. The topological polar surface area (TPSA) is 91.6 Å². The summed E-state index contributed by atoms with van der Waals surface area (Å²) in [6.45, 7) is 1.18. The number of pyridine rings is 1. The largest absolute Gasteiger partial charge is 0.329 e. The van der Waals surface area contributed by atoms with Crippen molar-refractivity contribution in [1.29, 1.82) is 0 Å². The number of amides is 2. The number of nitrogens with zero attached hydrogens (tertiary/aromatic N) is 3. The van der Waals surface area contributed by atoms with Crippen LogP contribution in [0, 0.1) is 0 Å². The number of nitrogens with two attached hydrogens (primary N) is 1. The van der Waals surface area contributed by atoms with Gasteiger partial charge in [0, 0.05) is 24.8 Å². The summed E-state index contributed by atoms with van der Waals surface area (Å²) in [6, 6.07) is 3.36. The average molecular weight is 275 g/mol. The summed E-state index contributed by atoms with van der Waals surface area (Å²) < 4.78 is 0. The highest BCUT2D eigenvalue weighted by atomic mass is 16.2. The van der Waals surface area contributed by atoms with Crippen LogP contribution in [0.2, 0.25) is 0 Å². The number of carbonyl (C=O) groups is 2. The Morgan fingerprint density at radius 1 is 1.45 bits per heavy atom. The fourth-order valence-corrected chi connectivity index (χ4v) is 2.90. The van der Waals surface area contributed by atoms with Gasteiger partial charge >= 0.3 is 0 Å². The smallest absolute Gasteiger partial charge is 0.246 e. The number of rotatable bonds is 3. The van der Waals surface area contributed by atoms with E-state index in [4.69, 9.17) is 5.84 Å². The Labute approximate surface area is 116 Å². The molecule has 0 aromatic carbocycles. The zero-order chi connectivity index (χ0) is 14.1. The minimum Gasteiger partial charge on any atom is -0.329 e. The van der Waals surface area contributed by atoms with Gasteiger partial charge in [0.25, 0.3) is 0 Å². The number of piperazine rings is 1. The van der Waals surface area contributed by atoms with Crippen molar-refractivity contribution < 1.29 is 9.59 Å². The molecule has 2 aliphatic rings. The first-order chi connectivity index (χ1) is 9.70. The maximum absolute atomic E-state index is 12.4. The molecule has 0 radical (unpaired) electrons. The SMILES string of the molecule is NNc1ncccc1CN1CC(=O)N2CCCC2C1=O. The van der Waals surface area contributed by atoms with Crippen molar-refractivity contribution in [3.63, 3.8) is 0 Å². The molecular formula is C13H17N5O2. The Kier molecular flexibility index (Phi) is 3.27. The lowest BCUT2D eigenvalue weighted by molar-refractivity contribution is -0.154. The molecule has 1 unspecified atom stereocenters. The lowest BCUT2D eigenvalue weighted by Gasteiger charge is -2.36. The summed E-state index contributed by atoms with van der Waals surface area (Å²) in [5.41, 5.74) is 3.32. The van der Waals surface area contributed by atoms with Crippen LogP contribution in [-0.4, -0.2) is 45.7 Å². The monoisotopic (exact) mass is 275 g/mol. The van der Waals surface area contributed by atoms with E-state index >= 15 is 0 Å². The summed E-state index contributed by atoms with van der Waals surface area (Å²) in [4.78, 5) is 31.9. The molecule has 7 heteroatoms. The Hall–Kier alpha value is -2.15. The first-order valence-electron chi connectivity index (χ1n) is 6.69. The Balaban J connectivity index is 1.80. The molecule has 3 N–H and O–H groups in total. The standard InChI is InChI=1S/C13H17N5O2/c14-16-12-9(3-1-5-15-12)7-17-8-11(19)18-6-2-4-10(18)13(17)20/h1,3,5,10H,2,4,6-8,14H2,(H,15,16). The van der Waals surface area contributed by atoms with E-state index in [0.29, 0.717) is 18.9 Å². The summed E-state index contributed by atoms with van der Waals surface area (Å²) in [7, 11) is 0. The molecule has 3 heterocycles. The van der Waals surface area contributed by atoms with E-state index in [-0.39, 0.29) is 24.4 Å². The molecule has 1 aromatic heterocycles. The van der Waals surface area contributed by atoms with Crippen LogP contribution >= 0.6 is 0 Å². The van der Waals surface area contributed by atoms with Crippen molar-refractivity contribution >= 4 is 17.6 Å². The molecule has 1 aromatic rings. The van der Waals surface area contributed by atoms with Gasteiger partial charge in [0.2, 0.25) is 11.8 Å². The van der Waals surface area contributed by atoms with E-state index in [9.17, 15) is 9.59 Å². The number of hydrogen-bond acceptors (Lipinski definition) is 5. The van der Waals surface area contributed by atoms with Gasteiger partial charge in [0.15, 0.2) is 0 Å². The maximum atomic E-state index is 12.4. The third kappa shape index (κ3) is 2.09. The number of fused-ring (bicyclic) bond motifs is 1. The van der Waals surface area contributed by atoms with E-state index in [0.717, 1.165) is 18.4 Å². The normalized spacial score (nSPS) is 22.1. The highest BCUT2D eigenvalue weighted by Crippen LogP contribution is 2.25. The minimum atomic E-state index is -0.276. The highest BCUT2D eigenvalue weighted by Gasteiger charge is 2.41. The van der Waals surface area contributed by atoms with Crippen LogP contribution in [0.3, 0.4) is 0 Å². The van der Waals surface area contributed by atoms with Crippen LogP contribution in [0.1, 0.15) is 18.4 Å². The number of nitrogen functional groups attached to an aromatic ring is 1. The summed E-state index contributed by atoms with van der Waals surface area (Å²) in [5, 5.41) is 0. The Bertz CT molecular complexity index is 547. The van der Waals surface area contributed by atoms with Gasteiger partial charge < -0.3 is 15.2 Å². The lowest BCUT2D eigenvalue weighted by atomic mass is 10.1. The molecule has 0 bridgehead atoms. The molecule has 2 saturated heterocycles. The van der Waals surface area contributed by atoms with E-state index in [1.165, 1.54) is 0 Å². The molecule has 106 valence electrons. The summed E-state index contributed by atoms with van der Waals surface area (Å²) >= 11 is 0. The zero-order valence-corrected chi connectivity index (χ0v) is 11.1. The number of carbonyl (C=O) groups excluding carboxylic acids is 2. The molecule has 7 nitrogen and oxygen atoms in total. The van der Waals surface area contributed by atoms with Crippen LogP contribution in [-0.2, 0) is 16.1 Å². The molecule has 2 amide bonds. The van der Waals surface area contributed by atoms with Crippen molar-refractivity contribution in [3.05, 3.63) is 23.9 Å². The number of aromatic nitrogens is 1. The molecule has 20 heavy (non-hydrogen) atoms. The fraction of sp³-hybridized carbons (Fsp3) is 0.462. The number of anilines is 1. The van der Waals surface area contributed by atoms with Gasteiger partial charge in [-0.1, -0.05) is 6.07 Å². The molecule has 1 atom stereocenters. The first kappa shape index (κ1) is 12.9. The van der Waals surface area contributed by atoms with Gasteiger partial charge in [0.1, 0.15) is 18.4 Å². The first-order valence-corrected chi connectivity index (χ1v) is 6.69. The molecule has 0 saturated carbocycles. The summed E-state index contributed by atoms with van der Waals surface area (Å²) in [6.07, 6.45) is 3.29. The number of hydrogen-bond donors (Lipinski definition) is 2. The lowest BCUT2D eigenvalue weighted by Crippen LogP contribution is -2.56. The van der Waals surface area contributed by atoms with Crippen molar-refractivity contribution in [1.82, 2.24) is 14.8 Å². The van der Waals surface area contributed by atoms with Gasteiger partial charge in [-0.3, -0.25) is 9.59 Å². The Morgan fingerprint density at radius 2 is 2.30 bits per heavy atom. The van der Waals surface area contributed by atoms with Gasteiger partial charge in [-0.05, 0) is 18.9 Å². The van der Waals surface area contributed by atoms with Crippen LogP contribution in [0.5, 0.6) is 0 Å². The Morgan fingerprint density at radius 3 is 3.10 bits per heavy atom. The van der Waals surface area contributed by atoms with Gasteiger partial charge in [-0.2, -0.15) is 0 Å². The molecule has 0 aliphatic carbocycles. The fourth-order valence-electron chi connectivity index (χ4n) is 2.90. The average Bonchev–Trinajstić information content (AvgIpc) is 2.95. The summed E-state index contributed by atoms with van der Waals surface area (Å²) in [5.74, 6) is 5.99. The van der Waals surface area contributed by atoms with Crippen LogP contribution < -0.4 is 11.3 Å². The van der Waals surface area contributed by atoms with Gasteiger partial charge in [-0.25, -0.2) is 10.8 Å². The maximum Gasteiger partial charge on any atom is 0.246 e. The van der Waals surface area contributed by atoms with Gasteiger partial charge in [0.05, 0.1) is 0 Å². The van der Waals surface area contributed by atoms with Crippen molar-refractivity contribution in [3.8, 4) is 0 Å². The van der Waals surface area contributed by atoms with Gasteiger partial charge in [-0.15, -0.1) is 0 Å². The van der Waals surface area contributed by atoms with Crippen molar-refractivity contribution in [2.24, 2.45) is 5.84 Å². The van der Waals surface area contributed by atoms with Crippen LogP contribution in [0.15, 0.2) is 18.3 Å². The molecule has 2 fully saturated rings. The molecule has 0 spiro atoms. The van der Waals surface area contributed by atoms with E-state index < -0.39 is 0 Å². The quantitative estimate of drug-likeness (QED) is 0.584. The second-order valence-electron chi connectivity index (χ2n) is 5.09. The third-order valence-electron chi connectivity index (χ3n) is 3.89. The number of nitrogens with one attached hydrogen (secondary N) is 1. The van der Waals surface area contributed by atoms with Crippen molar-refractivity contribution in [2.75, 3.05) is 18.5 Å². The third-order valence-corrected chi connectivity index (χ3v) is 3.89. The van der Waals surface area contributed by atoms with E-state index in [1.54, 1.807) is 22.1 Å². The molecular weight excluding hydrogens is 258 g/mol. The molecule has 3 rings (SSSR count). The second-order valence-corrected chi connectivity index (χ2v) is 5.09. The second kappa shape index (κ2) is 5.09. The van der Waals surface area contributed by atoms with Crippen LogP contribution in [0.4, 0.5) is 5.82 Å².